The molecule has 2 rings (SSSR count). The van der Waals surface area contributed by atoms with Crippen molar-refractivity contribution in [1.82, 2.24) is 4.90 Å². The van der Waals surface area contributed by atoms with Crippen LogP contribution in [-0.4, -0.2) is 47.7 Å². The van der Waals surface area contributed by atoms with Crippen LogP contribution in [-0.2, 0) is 14.3 Å². The van der Waals surface area contributed by atoms with E-state index in [0.717, 1.165) is 5.56 Å². The zero-order chi connectivity index (χ0) is 15.2. The molecule has 1 aromatic carbocycles. The number of carboxylic acids is 1. The number of ether oxygens (including phenoxy) is 1. The summed E-state index contributed by atoms with van der Waals surface area (Å²) in [7, 11) is 0. The highest BCUT2D eigenvalue weighted by atomic mass is 35.5. The van der Waals surface area contributed by atoms with Crippen molar-refractivity contribution in [2.75, 3.05) is 19.7 Å². The first-order valence-electron chi connectivity index (χ1n) is 6.61. The fourth-order valence-corrected chi connectivity index (χ4v) is 2.31. The predicted molar refractivity (Wildman–Crippen MR) is 79.1 cm³/mol. The van der Waals surface area contributed by atoms with Gasteiger partial charge in [-0.1, -0.05) is 29.8 Å². The molecule has 0 radical (unpaired) electrons. The molecule has 1 aliphatic heterocycles. The average Bonchev–Trinajstić information content (AvgIpc) is 2.45. The minimum atomic E-state index is -0.930. The largest absolute Gasteiger partial charge is 0.481 e. The maximum absolute atomic E-state index is 12.1. The number of hydrogen-bond acceptors (Lipinski definition) is 3. The molecule has 1 amide bonds. The third-order valence-electron chi connectivity index (χ3n) is 3.16. The second kappa shape index (κ2) is 7.24. The number of rotatable bonds is 4. The maximum atomic E-state index is 12.1. The Hall–Kier alpha value is -1.85. The fraction of sp³-hybridized carbons (Fsp3) is 0.333. The van der Waals surface area contributed by atoms with Gasteiger partial charge in [0.25, 0.3) is 0 Å². The number of morpholine rings is 1. The predicted octanol–water partition coefficient (Wildman–Crippen LogP) is 2.06. The topological polar surface area (TPSA) is 66.8 Å². The fourth-order valence-electron chi connectivity index (χ4n) is 2.11. The van der Waals surface area contributed by atoms with Gasteiger partial charge in [0.1, 0.15) is 0 Å². The third-order valence-corrected chi connectivity index (χ3v) is 3.51. The molecule has 1 atom stereocenters. The van der Waals surface area contributed by atoms with Gasteiger partial charge in [-0.25, -0.2) is 0 Å². The van der Waals surface area contributed by atoms with E-state index in [1.807, 2.05) is 18.2 Å². The van der Waals surface area contributed by atoms with Gasteiger partial charge in [0.2, 0.25) is 5.91 Å². The van der Waals surface area contributed by atoms with E-state index >= 15 is 0 Å². The molecule has 5 nitrogen and oxygen atoms in total. The molecule has 1 aliphatic rings. The van der Waals surface area contributed by atoms with Crippen LogP contribution in [0.5, 0.6) is 0 Å². The first kappa shape index (κ1) is 15.5. The summed E-state index contributed by atoms with van der Waals surface area (Å²) in [6.45, 7) is 1.10. The summed E-state index contributed by atoms with van der Waals surface area (Å²) in [6.07, 6.45) is 2.56. The molecule has 0 spiro atoms. The first-order chi connectivity index (χ1) is 10.1. The van der Waals surface area contributed by atoms with Crippen LogP contribution < -0.4 is 0 Å². The Bertz CT molecular complexity index is 558. The number of halogens is 1. The van der Waals surface area contributed by atoms with Gasteiger partial charge < -0.3 is 14.7 Å². The number of aliphatic carboxylic acids is 1. The molecule has 1 saturated heterocycles. The van der Waals surface area contributed by atoms with Crippen molar-refractivity contribution >= 4 is 29.6 Å². The van der Waals surface area contributed by atoms with Crippen molar-refractivity contribution in [1.29, 1.82) is 0 Å². The highest BCUT2D eigenvalue weighted by Crippen LogP contribution is 2.17. The monoisotopic (exact) mass is 309 g/mol. The van der Waals surface area contributed by atoms with E-state index in [1.54, 1.807) is 17.0 Å². The number of carbonyl (C=O) groups is 2. The van der Waals surface area contributed by atoms with Crippen molar-refractivity contribution < 1.29 is 19.4 Å². The lowest BCUT2D eigenvalue weighted by Crippen LogP contribution is -2.45. The van der Waals surface area contributed by atoms with Gasteiger partial charge in [0, 0.05) is 24.2 Å². The third kappa shape index (κ3) is 4.58. The number of carbonyl (C=O) groups excluding carboxylic acids is 1. The standard InChI is InChI=1S/C15H16ClNO4/c16-13-4-2-1-3-11(13)5-6-14(18)17-7-8-21-12(10-17)9-15(19)20/h1-6,12H,7-10H2,(H,19,20)/b6-5-/t12-/m1/s1. The van der Waals surface area contributed by atoms with Crippen LogP contribution in [0.25, 0.3) is 6.08 Å². The van der Waals surface area contributed by atoms with Crippen LogP contribution in [0.15, 0.2) is 30.3 Å². The van der Waals surface area contributed by atoms with E-state index in [1.165, 1.54) is 6.08 Å². The zero-order valence-electron chi connectivity index (χ0n) is 11.4. The lowest BCUT2D eigenvalue weighted by molar-refractivity contribution is -0.145. The number of amides is 1. The van der Waals surface area contributed by atoms with Crippen LogP contribution in [0.3, 0.4) is 0 Å². The normalized spacial score (nSPS) is 18.9. The van der Waals surface area contributed by atoms with Gasteiger partial charge in [0.15, 0.2) is 0 Å². The minimum Gasteiger partial charge on any atom is -0.481 e. The Morgan fingerprint density at radius 3 is 2.90 bits per heavy atom. The van der Waals surface area contributed by atoms with Crippen LogP contribution in [0, 0.1) is 0 Å². The van der Waals surface area contributed by atoms with Gasteiger partial charge in [-0.2, -0.15) is 0 Å². The lowest BCUT2D eigenvalue weighted by Gasteiger charge is -2.31. The number of carboxylic acid groups (broad SMARTS) is 1. The van der Waals surface area contributed by atoms with E-state index in [0.29, 0.717) is 18.2 Å². The molecule has 1 fully saturated rings. The summed E-state index contributed by atoms with van der Waals surface area (Å²) in [6, 6.07) is 7.23. The Balaban J connectivity index is 1.96. The smallest absolute Gasteiger partial charge is 0.306 e. The van der Waals surface area contributed by atoms with Gasteiger partial charge >= 0.3 is 5.97 Å². The Morgan fingerprint density at radius 1 is 1.43 bits per heavy atom. The highest BCUT2D eigenvalue weighted by molar-refractivity contribution is 6.32. The molecule has 112 valence electrons. The summed E-state index contributed by atoms with van der Waals surface area (Å²) >= 11 is 6.01. The quantitative estimate of drug-likeness (QED) is 0.865. The molecule has 0 unspecified atom stereocenters. The molecular weight excluding hydrogens is 294 g/mol. The van der Waals surface area contributed by atoms with E-state index in [4.69, 9.17) is 21.4 Å². The van der Waals surface area contributed by atoms with Crippen LogP contribution >= 0.6 is 11.6 Å². The molecule has 0 saturated carbocycles. The molecule has 0 aliphatic carbocycles. The second-order valence-electron chi connectivity index (χ2n) is 4.73. The Kier molecular flexibility index (Phi) is 5.36. The molecule has 21 heavy (non-hydrogen) atoms. The van der Waals surface area contributed by atoms with Gasteiger partial charge in [0.05, 0.1) is 19.1 Å². The van der Waals surface area contributed by atoms with Crippen molar-refractivity contribution in [3.8, 4) is 0 Å². The van der Waals surface area contributed by atoms with E-state index in [2.05, 4.69) is 0 Å². The van der Waals surface area contributed by atoms with Crippen LogP contribution in [0.4, 0.5) is 0 Å². The average molecular weight is 310 g/mol. The molecule has 1 heterocycles. The van der Waals surface area contributed by atoms with Crippen molar-refractivity contribution in [2.45, 2.75) is 12.5 Å². The Morgan fingerprint density at radius 2 is 2.19 bits per heavy atom. The summed E-state index contributed by atoms with van der Waals surface area (Å²) < 4.78 is 5.33. The van der Waals surface area contributed by atoms with E-state index in [-0.39, 0.29) is 18.9 Å². The Labute approximate surface area is 127 Å². The molecule has 0 aromatic heterocycles. The van der Waals surface area contributed by atoms with Crippen molar-refractivity contribution in [3.63, 3.8) is 0 Å². The van der Waals surface area contributed by atoms with E-state index < -0.39 is 12.1 Å². The number of nitrogens with zero attached hydrogens (tertiary/aromatic N) is 1. The maximum Gasteiger partial charge on any atom is 0.306 e. The highest BCUT2D eigenvalue weighted by Gasteiger charge is 2.24. The van der Waals surface area contributed by atoms with Crippen molar-refractivity contribution in [2.24, 2.45) is 0 Å². The van der Waals surface area contributed by atoms with Gasteiger partial charge in [-0.3, -0.25) is 9.59 Å². The molecule has 1 N–H and O–H groups in total. The number of benzene rings is 1. The molecule has 6 heteroatoms. The summed E-state index contributed by atoms with van der Waals surface area (Å²) in [5, 5.41) is 9.34. The summed E-state index contributed by atoms with van der Waals surface area (Å²) in [5.74, 6) is -1.10. The molecular formula is C15H16ClNO4. The summed E-state index contributed by atoms with van der Waals surface area (Å²) in [4.78, 5) is 24.4. The first-order valence-corrected chi connectivity index (χ1v) is 6.99. The summed E-state index contributed by atoms with van der Waals surface area (Å²) in [5.41, 5.74) is 0.767. The van der Waals surface area contributed by atoms with Crippen molar-refractivity contribution in [3.05, 3.63) is 40.9 Å². The van der Waals surface area contributed by atoms with E-state index in [9.17, 15) is 9.59 Å². The second-order valence-corrected chi connectivity index (χ2v) is 5.14. The molecule has 1 aromatic rings. The van der Waals surface area contributed by atoms with Gasteiger partial charge in [-0.05, 0) is 17.7 Å². The van der Waals surface area contributed by atoms with Crippen LogP contribution in [0.2, 0.25) is 5.02 Å². The van der Waals surface area contributed by atoms with Crippen LogP contribution in [0.1, 0.15) is 12.0 Å². The SMILES string of the molecule is O=C(O)C[C@@H]1CN(C(=O)/C=C\c2ccccc2Cl)CCO1. The zero-order valence-corrected chi connectivity index (χ0v) is 12.1. The van der Waals surface area contributed by atoms with Gasteiger partial charge in [-0.15, -0.1) is 0 Å². The number of hydrogen-bond donors (Lipinski definition) is 1. The minimum absolute atomic E-state index is 0.0992. The molecule has 0 bridgehead atoms. The lowest BCUT2D eigenvalue weighted by atomic mass is 10.2.